The average molecular weight is 374 g/mol. The summed E-state index contributed by atoms with van der Waals surface area (Å²) in [6.45, 7) is 3.34. The smallest absolute Gasteiger partial charge is 0.312 e. The molecule has 5 nitrogen and oxygen atoms in total. The number of hydrogen-bond donors (Lipinski definition) is 1. The van der Waals surface area contributed by atoms with Gasteiger partial charge in [0.25, 0.3) is 0 Å². The highest BCUT2D eigenvalue weighted by Gasteiger charge is 2.60. The number of rotatable bonds is 8. The predicted molar refractivity (Wildman–Crippen MR) is 101 cm³/mol. The highest BCUT2D eigenvalue weighted by atomic mass is 16.6. The van der Waals surface area contributed by atoms with Gasteiger partial charge in [-0.15, -0.1) is 0 Å². The van der Waals surface area contributed by atoms with Crippen LogP contribution in [0, 0.1) is 17.3 Å². The second-order valence-electron chi connectivity index (χ2n) is 8.77. The first kappa shape index (κ1) is 18.6. The Morgan fingerprint density at radius 3 is 2.15 bits per heavy atom. The summed E-state index contributed by atoms with van der Waals surface area (Å²) in [6.07, 6.45) is 6.20. The van der Waals surface area contributed by atoms with E-state index in [-0.39, 0.29) is 12.6 Å². The first-order valence-corrected chi connectivity index (χ1v) is 10.3. The van der Waals surface area contributed by atoms with E-state index in [0.717, 1.165) is 43.6 Å². The van der Waals surface area contributed by atoms with Crippen molar-refractivity contribution >= 4 is 5.97 Å². The molecule has 4 bridgehead atoms. The fourth-order valence-electron chi connectivity index (χ4n) is 5.75. The Bertz CT molecular complexity index is 654. The molecule has 4 fully saturated rings. The molecule has 0 amide bonds. The zero-order valence-corrected chi connectivity index (χ0v) is 16.1. The molecule has 5 heteroatoms. The molecule has 5 rings (SSSR count). The van der Waals surface area contributed by atoms with Crippen LogP contribution in [0.5, 0.6) is 11.5 Å². The number of hydrogen-bond acceptors (Lipinski definition) is 5. The van der Waals surface area contributed by atoms with Gasteiger partial charge in [0.2, 0.25) is 0 Å². The maximum Gasteiger partial charge on any atom is 0.312 e. The maximum atomic E-state index is 12.8. The van der Waals surface area contributed by atoms with E-state index >= 15 is 0 Å². The highest BCUT2D eigenvalue weighted by molar-refractivity contribution is 5.77. The van der Waals surface area contributed by atoms with E-state index in [4.69, 9.17) is 14.2 Å². The summed E-state index contributed by atoms with van der Waals surface area (Å²) >= 11 is 0. The summed E-state index contributed by atoms with van der Waals surface area (Å²) in [7, 11) is 0. The fourth-order valence-corrected chi connectivity index (χ4v) is 5.75. The third-order valence-electron chi connectivity index (χ3n) is 6.35. The molecule has 0 saturated heterocycles. The normalized spacial score (nSPS) is 33.7. The van der Waals surface area contributed by atoms with Crippen molar-refractivity contribution in [2.45, 2.75) is 57.5 Å². The van der Waals surface area contributed by atoms with Crippen molar-refractivity contribution in [3.8, 4) is 11.5 Å². The topological polar surface area (TPSA) is 65.0 Å². The number of aliphatic hydroxyl groups is 1. The molecule has 4 aliphatic carbocycles. The molecule has 1 aromatic rings. The van der Waals surface area contributed by atoms with Crippen molar-refractivity contribution in [3.63, 3.8) is 0 Å². The van der Waals surface area contributed by atoms with Crippen molar-refractivity contribution < 1.29 is 24.1 Å². The van der Waals surface area contributed by atoms with Crippen LogP contribution in [0.25, 0.3) is 0 Å². The molecule has 0 spiro atoms. The van der Waals surface area contributed by atoms with Crippen LogP contribution in [0.3, 0.4) is 0 Å². The molecule has 27 heavy (non-hydrogen) atoms. The van der Waals surface area contributed by atoms with E-state index in [2.05, 4.69) is 6.92 Å². The lowest BCUT2D eigenvalue weighted by Crippen LogP contribution is -2.58. The van der Waals surface area contributed by atoms with Crippen LogP contribution >= 0.6 is 0 Å². The third kappa shape index (κ3) is 3.93. The second-order valence-corrected chi connectivity index (χ2v) is 8.77. The zero-order valence-electron chi connectivity index (χ0n) is 16.1. The van der Waals surface area contributed by atoms with Gasteiger partial charge in [-0.25, -0.2) is 0 Å². The zero-order chi connectivity index (χ0) is 18.9. The SMILES string of the molecule is CCCOc1ccc(OCCOC(=O)C23C[C@H]4C[C@@H](CC(O)(C4)C2)C3)cc1. The number of ether oxygens (including phenoxy) is 3. The second kappa shape index (κ2) is 7.34. The van der Waals surface area contributed by atoms with E-state index in [1.807, 2.05) is 24.3 Å². The molecule has 0 heterocycles. The van der Waals surface area contributed by atoms with Gasteiger partial charge in [-0.3, -0.25) is 4.79 Å². The van der Waals surface area contributed by atoms with Gasteiger partial charge in [0.1, 0.15) is 24.7 Å². The van der Waals surface area contributed by atoms with Crippen LogP contribution in [0.15, 0.2) is 24.3 Å². The van der Waals surface area contributed by atoms with Crippen LogP contribution in [0.2, 0.25) is 0 Å². The summed E-state index contributed by atoms with van der Waals surface area (Å²) in [5, 5.41) is 10.8. The summed E-state index contributed by atoms with van der Waals surface area (Å²) in [5.74, 6) is 2.39. The van der Waals surface area contributed by atoms with Crippen LogP contribution in [0.1, 0.15) is 51.9 Å². The van der Waals surface area contributed by atoms with E-state index in [1.165, 1.54) is 6.42 Å². The number of benzene rings is 1. The minimum absolute atomic E-state index is 0.137. The quantitative estimate of drug-likeness (QED) is 0.555. The van der Waals surface area contributed by atoms with Gasteiger partial charge in [-0.1, -0.05) is 6.92 Å². The van der Waals surface area contributed by atoms with Crippen molar-refractivity contribution in [2.24, 2.45) is 17.3 Å². The molecule has 1 N–H and O–H groups in total. The Morgan fingerprint density at radius 2 is 1.59 bits per heavy atom. The minimum atomic E-state index is -0.638. The van der Waals surface area contributed by atoms with Crippen LogP contribution in [0.4, 0.5) is 0 Å². The summed E-state index contributed by atoms with van der Waals surface area (Å²) in [4.78, 5) is 12.8. The molecule has 4 aliphatic rings. The number of carbonyl (C=O) groups excluding carboxylic acids is 1. The van der Waals surface area contributed by atoms with Crippen molar-refractivity contribution in [2.75, 3.05) is 19.8 Å². The lowest BCUT2D eigenvalue weighted by atomic mass is 9.48. The summed E-state index contributed by atoms with van der Waals surface area (Å²) in [6, 6.07) is 7.49. The summed E-state index contributed by atoms with van der Waals surface area (Å²) < 4.78 is 16.8. The standard InChI is InChI=1S/C22H30O5/c1-2-7-25-18-3-5-19(6-4-18)26-8-9-27-20(23)21-11-16-10-17(12-21)14-22(24,13-16)15-21/h3-6,16-17,24H,2,7-15H2,1H3/t16-,17-,21?,22?/m1/s1. The molecule has 2 atom stereocenters. The average Bonchev–Trinajstić information content (AvgIpc) is 2.62. The van der Waals surface area contributed by atoms with Crippen LogP contribution < -0.4 is 9.47 Å². The van der Waals surface area contributed by atoms with Gasteiger partial charge in [0, 0.05) is 0 Å². The Kier molecular flexibility index (Phi) is 5.06. The largest absolute Gasteiger partial charge is 0.494 e. The minimum Gasteiger partial charge on any atom is -0.494 e. The Morgan fingerprint density at radius 1 is 1.00 bits per heavy atom. The Balaban J connectivity index is 1.24. The summed E-state index contributed by atoms with van der Waals surface area (Å²) in [5.41, 5.74) is -1.10. The molecule has 0 unspecified atom stereocenters. The fraction of sp³-hybridized carbons (Fsp3) is 0.682. The Labute approximate surface area is 161 Å². The van der Waals surface area contributed by atoms with Crippen LogP contribution in [-0.2, 0) is 9.53 Å². The van der Waals surface area contributed by atoms with E-state index < -0.39 is 11.0 Å². The number of carbonyl (C=O) groups is 1. The van der Waals surface area contributed by atoms with Gasteiger partial charge >= 0.3 is 5.97 Å². The molecule has 148 valence electrons. The van der Waals surface area contributed by atoms with E-state index in [9.17, 15) is 9.90 Å². The molecular formula is C22H30O5. The third-order valence-corrected chi connectivity index (χ3v) is 6.35. The predicted octanol–water partition coefficient (Wildman–Crippen LogP) is 3.73. The first-order valence-electron chi connectivity index (χ1n) is 10.3. The van der Waals surface area contributed by atoms with Gasteiger partial charge in [-0.2, -0.15) is 0 Å². The first-order chi connectivity index (χ1) is 13.0. The van der Waals surface area contributed by atoms with Crippen LogP contribution in [-0.4, -0.2) is 36.5 Å². The maximum absolute atomic E-state index is 12.8. The molecule has 0 radical (unpaired) electrons. The van der Waals surface area contributed by atoms with Gasteiger partial charge in [0.15, 0.2) is 0 Å². The van der Waals surface area contributed by atoms with Crippen molar-refractivity contribution in [3.05, 3.63) is 24.3 Å². The number of esters is 1. The van der Waals surface area contributed by atoms with Crippen molar-refractivity contribution in [1.82, 2.24) is 0 Å². The van der Waals surface area contributed by atoms with E-state index in [0.29, 0.717) is 31.5 Å². The monoisotopic (exact) mass is 374 g/mol. The van der Waals surface area contributed by atoms with Gasteiger partial charge in [-0.05, 0) is 81.0 Å². The molecule has 0 aromatic heterocycles. The highest BCUT2D eigenvalue weighted by Crippen LogP contribution is 2.61. The van der Waals surface area contributed by atoms with Gasteiger partial charge < -0.3 is 19.3 Å². The Hall–Kier alpha value is -1.75. The van der Waals surface area contributed by atoms with Crippen molar-refractivity contribution in [1.29, 1.82) is 0 Å². The van der Waals surface area contributed by atoms with Gasteiger partial charge in [0.05, 0.1) is 17.6 Å². The van der Waals surface area contributed by atoms with E-state index in [1.54, 1.807) is 0 Å². The lowest BCUT2D eigenvalue weighted by molar-refractivity contribution is -0.196. The molecule has 0 aliphatic heterocycles. The lowest BCUT2D eigenvalue weighted by Gasteiger charge is -2.58. The molecule has 1 aromatic carbocycles. The molecular weight excluding hydrogens is 344 g/mol. The molecule has 4 saturated carbocycles.